The van der Waals surface area contributed by atoms with Crippen LogP contribution in [0.15, 0.2) is 41.4 Å². The van der Waals surface area contributed by atoms with E-state index in [2.05, 4.69) is 25.7 Å². The molecule has 0 aliphatic carbocycles. The normalized spacial score (nSPS) is 18.9. The van der Waals surface area contributed by atoms with Crippen molar-refractivity contribution in [2.24, 2.45) is 0 Å². The molecule has 1 amide bonds. The van der Waals surface area contributed by atoms with Gasteiger partial charge in [-0.25, -0.2) is 13.4 Å². The molecule has 0 saturated carbocycles. The van der Waals surface area contributed by atoms with Crippen molar-refractivity contribution >= 4 is 38.6 Å². The Morgan fingerprint density at radius 1 is 1.17 bits per heavy atom. The molecule has 1 saturated heterocycles. The summed E-state index contributed by atoms with van der Waals surface area (Å²) >= 11 is 5.84. The number of carbonyl (C=O) groups is 1. The topological polar surface area (TPSA) is 121 Å². The molecule has 1 aromatic carbocycles. The van der Waals surface area contributed by atoms with Gasteiger partial charge in [-0.2, -0.15) is 19.7 Å². The van der Waals surface area contributed by atoms with Crippen LogP contribution in [0, 0.1) is 0 Å². The summed E-state index contributed by atoms with van der Waals surface area (Å²) < 4.78 is 28.6. The Labute approximate surface area is 178 Å². The molecule has 1 aliphatic heterocycles. The number of nitrogens with one attached hydrogen (secondary N) is 2. The number of rotatable bonds is 5. The Balaban J connectivity index is 1.81. The van der Waals surface area contributed by atoms with Gasteiger partial charge in [-0.1, -0.05) is 17.7 Å². The quantitative estimate of drug-likeness (QED) is 0.578. The van der Waals surface area contributed by atoms with Gasteiger partial charge in [0, 0.05) is 18.8 Å². The smallest absolute Gasteiger partial charge is 0.245 e. The lowest BCUT2D eigenvalue weighted by molar-refractivity contribution is -0.125. The fourth-order valence-electron chi connectivity index (χ4n) is 3.71. The third-order valence-electron chi connectivity index (χ3n) is 5.29. The molecular formula is C19H21ClN6O3S. The van der Waals surface area contributed by atoms with Gasteiger partial charge in [-0.3, -0.25) is 4.79 Å². The van der Waals surface area contributed by atoms with E-state index >= 15 is 0 Å². The molecule has 1 fully saturated rings. The first-order valence-corrected chi connectivity index (χ1v) is 11.4. The number of carbonyl (C=O) groups excluding carboxylic acids is 1. The Morgan fingerprint density at radius 2 is 1.97 bits per heavy atom. The van der Waals surface area contributed by atoms with Gasteiger partial charge >= 0.3 is 0 Å². The number of H-pyrrole nitrogens is 1. The first-order valence-electron chi connectivity index (χ1n) is 9.61. The number of pyridine rings is 1. The summed E-state index contributed by atoms with van der Waals surface area (Å²) in [4.78, 5) is 16.7. The van der Waals surface area contributed by atoms with E-state index in [-0.39, 0.29) is 16.0 Å². The first-order chi connectivity index (χ1) is 14.4. The summed E-state index contributed by atoms with van der Waals surface area (Å²) in [7, 11) is -4.05. The summed E-state index contributed by atoms with van der Waals surface area (Å²) in [6, 6.07) is 6.71. The number of hydrogen-bond acceptors (Lipinski definition) is 6. The molecule has 9 nitrogen and oxygen atoms in total. The molecule has 30 heavy (non-hydrogen) atoms. The van der Waals surface area contributed by atoms with Crippen molar-refractivity contribution in [2.75, 3.05) is 6.54 Å². The van der Waals surface area contributed by atoms with Gasteiger partial charge in [0.25, 0.3) is 0 Å². The van der Waals surface area contributed by atoms with Crippen LogP contribution in [0.2, 0.25) is 5.15 Å². The highest BCUT2D eigenvalue weighted by atomic mass is 35.5. The highest BCUT2D eigenvalue weighted by molar-refractivity contribution is 7.89. The predicted molar refractivity (Wildman–Crippen MR) is 111 cm³/mol. The molecule has 0 spiro atoms. The van der Waals surface area contributed by atoms with Gasteiger partial charge in [-0.15, -0.1) is 0 Å². The van der Waals surface area contributed by atoms with Gasteiger partial charge in [0.05, 0.1) is 0 Å². The van der Waals surface area contributed by atoms with Crippen molar-refractivity contribution in [3.05, 3.63) is 47.2 Å². The molecule has 3 aromatic rings. The summed E-state index contributed by atoms with van der Waals surface area (Å²) in [6.07, 6.45) is 3.19. The number of fused-ring (bicyclic) bond motifs is 1. The minimum Gasteiger partial charge on any atom is -0.355 e. The summed E-state index contributed by atoms with van der Waals surface area (Å²) in [6.45, 7) is 2.30. The summed E-state index contributed by atoms with van der Waals surface area (Å²) in [5.74, 6) is -0.299. The number of halogens is 1. The minimum absolute atomic E-state index is 0.0155. The van der Waals surface area contributed by atoms with E-state index in [1.54, 1.807) is 25.1 Å². The average Bonchev–Trinajstić information content (AvgIpc) is 3.10. The molecule has 2 atom stereocenters. The van der Waals surface area contributed by atoms with Crippen molar-refractivity contribution in [1.82, 2.24) is 30.0 Å². The number of aromatic amines is 1. The van der Waals surface area contributed by atoms with Crippen LogP contribution >= 0.6 is 11.6 Å². The fraction of sp³-hybridized carbons (Fsp3) is 0.368. The molecule has 11 heteroatoms. The molecule has 2 N–H and O–H groups in total. The van der Waals surface area contributed by atoms with Gasteiger partial charge in [0.1, 0.15) is 27.1 Å². The van der Waals surface area contributed by atoms with Crippen LogP contribution in [0.3, 0.4) is 0 Å². The summed E-state index contributed by atoms with van der Waals surface area (Å²) in [5.41, 5.74) is 2.00. The Morgan fingerprint density at radius 3 is 2.73 bits per heavy atom. The molecule has 3 heterocycles. The average molecular weight is 449 g/mol. The molecule has 0 bridgehead atoms. The van der Waals surface area contributed by atoms with Crippen LogP contribution in [0.4, 0.5) is 0 Å². The number of aromatic nitrogens is 4. The van der Waals surface area contributed by atoms with Gasteiger partial charge in [0.15, 0.2) is 0 Å². The minimum atomic E-state index is -4.05. The van der Waals surface area contributed by atoms with E-state index in [0.717, 1.165) is 12.8 Å². The second-order valence-corrected chi connectivity index (χ2v) is 9.43. The predicted octanol–water partition coefficient (Wildman–Crippen LogP) is 2.43. The molecule has 1 unspecified atom stereocenters. The zero-order valence-electron chi connectivity index (χ0n) is 16.2. The molecule has 1 aliphatic rings. The van der Waals surface area contributed by atoms with Crippen molar-refractivity contribution in [3.8, 4) is 0 Å². The van der Waals surface area contributed by atoms with Crippen LogP contribution in [0.5, 0.6) is 0 Å². The van der Waals surface area contributed by atoms with Crippen LogP contribution < -0.4 is 5.32 Å². The third-order valence-corrected chi connectivity index (χ3v) is 7.48. The standard InChI is InChI=1S/C19H21ClN6O3S/c1-12(13-5-7-15-16(10-13)24-25-23-15)26(17-4-2-3-9-21-19(17)27)30(28,29)14-6-8-18(20)22-11-14/h5-8,10-12,17H,2-4,9H2,1H3,(H,21,27)(H,23,24,25)/t12?,17-/m1/s1. The van der Waals surface area contributed by atoms with Crippen LogP contribution in [0.1, 0.15) is 37.8 Å². The third kappa shape index (κ3) is 3.90. The number of nitrogens with zero attached hydrogens (tertiary/aromatic N) is 4. The lowest BCUT2D eigenvalue weighted by Gasteiger charge is -2.34. The lowest BCUT2D eigenvalue weighted by Crippen LogP contribution is -2.49. The number of hydrogen-bond donors (Lipinski definition) is 2. The zero-order chi connectivity index (χ0) is 21.3. The fourth-order valence-corrected chi connectivity index (χ4v) is 5.57. The van der Waals surface area contributed by atoms with Crippen LogP contribution in [-0.4, -0.2) is 51.6 Å². The second kappa shape index (κ2) is 8.29. The molecule has 4 rings (SSSR count). The van der Waals surface area contributed by atoms with E-state index in [1.807, 2.05) is 0 Å². The van der Waals surface area contributed by atoms with Gasteiger partial charge < -0.3 is 5.32 Å². The maximum Gasteiger partial charge on any atom is 0.245 e. The largest absolute Gasteiger partial charge is 0.355 e. The van der Waals surface area contributed by atoms with E-state index in [9.17, 15) is 13.2 Å². The van der Waals surface area contributed by atoms with Crippen molar-refractivity contribution in [1.29, 1.82) is 0 Å². The zero-order valence-corrected chi connectivity index (χ0v) is 17.8. The Bertz CT molecular complexity index is 1160. The SMILES string of the molecule is CC(c1ccc2n[nH]nc2c1)N([C@@H]1CCCCNC1=O)S(=O)(=O)c1ccc(Cl)nc1. The molecule has 158 valence electrons. The van der Waals surface area contributed by atoms with Crippen molar-refractivity contribution in [3.63, 3.8) is 0 Å². The maximum absolute atomic E-state index is 13.7. The van der Waals surface area contributed by atoms with Crippen molar-refractivity contribution < 1.29 is 13.2 Å². The van der Waals surface area contributed by atoms with Gasteiger partial charge in [-0.05, 0) is 56.0 Å². The highest BCUT2D eigenvalue weighted by Gasteiger charge is 2.40. The van der Waals surface area contributed by atoms with Gasteiger partial charge in [0.2, 0.25) is 15.9 Å². The number of sulfonamides is 1. The second-order valence-electron chi connectivity index (χ2n) is 7.20. The van der Waals surface area contributed by atoms with E-state index < -0.39 is 22.1 Å². The number of amides is 1. The van der Waals surface area contributed by atoms with Crippen molar-refractivity contribution in [2.45, 2.75) is 43.2 Å². The molecule has 2 aromatic heterocycles. The lowest BCUT2D eigenvalue weighted by atomic mass is 10.0. The highest BCUT2D eigenvalue weighted by Crippen LogP contribution is 2.33. The van der Waals surface area contributed by atoms with Crippen LogP contribution in [-0.2, 0) is 14.8 Å². The monoisotopic (exact) mass is 448 g/mol. The van der Waals surface area contributed by atoms with E-state index in [1.165, 1.54) is 22.6 Å². The van der Waals surface area contributed by atoms with Crippen LogP contribution in [0.25, 0.3) is 11.0 Å². The Kier molecular flexibility index (Phi) is 5.72. The summed E-state index contributed by atoms with van der Waals surface area (Å²) in [5, 5.41) is 13.7. The van der Waals surface area contributed by atoms with E-state index in [0.29, 0.717) is 29.6 Å². The number of benzene rings is 1. The molecule has 0 radical (unpaired) electrons. The van der Waals surface area contributed by atoms with E-state index in [4.69, 9.17) is 11.6 Å². The first kappa shape index (κ1) is 20.7. The molecular weight excluding hydrogens is 428 g/mol. The Hall–Kier alpha value is -2.56. The maximum atomic E-state index is 13.7.